The second-order valence-electron chi connectivity index (χ2n) is 7.69. The Morgan fingerprint density at radius 1 is 1.10 bits per heavy atom. The Kier molecular flexibility index (Phi) is 7.17. The number of hydrogen-bond donors (Lipinski definition) is 1. The van der Waals surface area contributed by atoms with Crippen LogP contribution in [0.25, 0.3) is 11.3 Å². The van der Waals surface area contributed by atoms with E-state index >= 15 is 0 Å². The van der Waals surface area contributed by atoms with Crippen LogP contribution in [0.15, 0.2) is 69.7 Å². The van der Waals surface area contributed by atoms with Crippen molar-refractivity contribution in [3.63, 3.8) is 0 Å². The van der Waals surface area contributed by atoms with Crippen molar-refractivity contribution in [1.82, 2.24) is 20.3 Å². The van der Waals surface area contributed by atoms with Crippen LogP contribution in [0, 0.1) is 0 Å². The molecule has 0 unspecified atom stereocenters. The Hall–Kier alpha value is -2.48. The minimum Gasteiger partial charge on any atom is -0.355 e. The topological polar surface area (TPSA) is 61.6 Å². The Labute approximate surface area is 191 Å². The van der Waals surface area contributed by atoms with Crippen LogP contribution in [0.1, 0.15) is 29.0 Å². The minimum atomic E-state index is -0.222. The van der Waals surface area contributed by atoms with Gasteiger partial charge in [0.1, 0.15) is 0 Å². The lowest BCUT2D eigenvalue weighted by molar-refractivity contribution is 0.0849. The van der Waals surface area contributed by atoms with Gasteiger partial charge in [-0.05, 0) is 24.2 Å². The number of carbonyl (C=O) groups is 1. The highest BCUT2D eigenvalue weighted by molar-refractivity contribution is 9.10. The fourth-order valence-corrected chi connectivity index (χ4v) is 4.20. The lowest BCUT2D eigenvalue weighted by Gasteiger charge is -2.39. The molecule has 0 bridgehead atoms. The van der Waals surface area contributed by atoms with Gasteiger partial charge in [0, 0.05) is 48.8 Å². The van der Waals surface area contributed by atoms with Gasteiger partial charge in [0.2, 0.25) is 0 Å². The number of likely N-dealkylation sites (N-methyl/N-ethyl adjacent to an activating group) is 1. The zero-order valence-electron chi connectivity index (χ0n) is 17.6. The fraction of sp³-hybridized carbons (Fsp3) is 0.333. The molecule has 7 heteroatoms. The third kappa shape index (κ3) is 5.42. The Bertz CT molecular complexity index is 982. The highest BCUT2D eigenvalue weighted by Gasteiger charge is 2.25. The van der Waals surface area contributed by atoms with Crippen LogP contribution in [-0.2, 0) is 0 Å². The number of piperazine rings is 1. The quantitative estimate of drug-likeness (QED) is 0.546. The van der Waals surface area contributed by atoms with Crippen LogP contribution >= 0.6 is 15.9 Å². The zero-order chi connectivity index (χ0) is 21.6. The highest BCUT2D eigenvalue weighted by Crippen LogP contribution is 2.24. The van der Waals surface area contributed by atoms with Crippen molar-refractivity contribution in [2.75, 3.05) is 39.3 Å². The molecule has 162 valence electrons. The molecule has 0 aliphatic carbocycles. The standard InChI is InChI=1S/C24H27BrN4O2/c1-2-28-12-14-29(15-13-28)22(18-6-4-3-5-7-18)17-26-24(30)21-16-23(31-27-21)19-8-10-20(25)11-9-19/h3-11,16,22H,2,12-15,17H2,1H3,(H,26,30)/t22-/m1/s1. The summed E-state index contributed by atoms with van der Waals surface area (Å²) in [5.74, 6) is 0.355. The first-order chi connectivity index (χ1) is 15.1. The monoisotopic (exact) mass is 482 g/mol. The number of rotatable bonds is 7. The van der Waals surface area contributed by atoms with Gasteiger partial charge in [0.15, 0.2) is 11.5 Å². The molecule has 0 radical (unpaired) electrons. The molecule has 1 aliphatic rings. The number of aromatic nitrogens is 1. The van der Waals surface area contributed by atoms with Crippen molar-refractivity contribution in [3.8, 4) is 11.3 Å². The van der Waals surface area contributed by atoms with Crippen LogP contribution in [0.4, 0.5) is 0 Å². The van der Waals surface area contributed by atoms with E-state index in [1.807, 2.05) is 30.3 Å². The molecule has 2 heterocycles. The summed E-state index contributed by atoms with van der Waals surface area (Å²) in [5.41, 5.74) is 2.38. The van der Waals surface area contributed by atoms with E-state index in [1.165, 1.54) is 5.56 Å². The van der Waals surface area contributed by atoms with E-state index in [9.17, 15) is 4.79 Å². The summed E-state index contributed by atoms with van der Waals surface area (Å²) in [6.45, 7) is 7.87. The smallest absolute Gasteiger partial charge is 0.273 e. The van der Waals surface area contributed by atoms with Crippen LogP contribution in [0.3, 0.4) is 0 Å². The molecule has 4 rings (SSSR count). The molecule has 1 fully saturated rings. The van der Waals surface area contributed by atoms with Crippen molar-refractivity contribution < 1.29 is 9.32 Å². The molecule has 1 N–H and O–H groups in total. The largest absolute Gasteiger partial charge is 0.355 e. The van der Waals surface area contributed by atoms with E-state index < -0.39 is 0 Å². The summed E-state index contributed by atoms with van der Waals surface area (Å²) >= 11 is 3.42. The molecule has 3 aromatic rings. The average molecular weight is 483 g/mol. The molecule has 6 nitrogen and oxygen atoms in total. The number of nitrogens with zero attached hydrogens (tertiary/aromatic N) is 3. The molecule has 0 saturated carbocycles. The Morgan fingerprint density at radius 2 is 1.81 bits per heavy atom. The lowest BCUT2D eigenvalue weighted by Crippen LogP contribution is -2.49. The predicted molar refractivity (Wildman–Crippen MR) is 125 cm³/mol. The Morgan fingerprint density at radius 3 is 2.48 bits per heavy atom. The number of amides is 1. The third-order valence-corrected chi connectivity index (χ3v) is 6.34. The summed E-state index contributed by atoms with van der Waals surface area (Å²) in [7, 11) is 0. The Balaban J connectivity index is 1.43. The maximum atomic E-state index is 12.8. The van der Waals surface area contributed by atoms with Crippen LogP contribution < -0.4 is 5.32 Å². The van der Waals surface area contributed by atoms with Crippen molar-refractivity contribution in [3.05, 3.63) is 76.4 Å². The molecule has 0 spiro atoms. The second-order valence-corrected chi connectivity index (χ2v) is 8.61. The molecular formula is C24H27BrN4O2. The third-order valence-electron chi connectivity index (χ3n) is 5.81. The van der Waals surface area contributed by atoms with E-state index in [0.29, 0.717) is 18.0 Å². The summed E-state index contributed by atoms with van der Waals surface area (Å²) in [5, 5.41) is 7.05. The molecular weight excluding hydrogens is 456 g/mol. The highest BCUT2D eigenvalue weighted by atomic mass is 79.9. The molecule has 1 atom stereocenters. The minimum absolute atomic E-state index is 0.127. The van der Waals surface area contributed by atoms with Crippen molar-refractivity contribution in [1.29, 1.82) is 0 Å². The van der Waals surface area contributed by atoms with E-state index in [2.05, 4.69) is 67.4 Å². The molecule has 31 heavy (non-hydrogen) atoms. The SMILES string of the molecule is CCN1CCN([C@H](CNC(=O)c2cc(-c3ccc(Br)cc3)on2)c2ccccc2)CC1. The zero-order valence-corrected chi connectivity index (χ0v) is 19.2. The normalized spacial score (nSPS) is 16.2. The van der Waals surface area contributed by atoms with E-state index in [4.69, 9.17) is 4.52 Å². The maximum Gasteiger partial charge on any atom is 0.273 e. The van der Waals surface area contributed by atoms with Gasteiger partial charge in [0.25, 0.3) is 5.91 Å². The van der Waals surface area contributed by atoms with Crippen LogP contribution in [0.2, 0.25) is 0 Å². The van der Waals surface area contributed by atoms with E-state index in [1.54, 1.807) is 6.07 Å². The van der Waals surface area contributed by atoms with Gasteiger partial charge < -0.3 is 14.7 Å². The molecule has 1 aliphatic heterocycles. The van der Waals surface area contributed by atoms with Gasteiger partial charge in [-0.2, -0.15) is 0 Å². The molecule has 2 aromatic carbocycles. The lowest BCUT2D eigenvalue weighted by atomic mass is 10.0. The van der Waals surface area contributed by atoms with Gasteiger partial charge >= 0.3 is 0 Å². The van der Waals surface area contributed by atoms with Crippen LogP contribution in [-0.4, -0.2) is 60.1 Å². The number of carbonyl (C=O) groups excluding carboxylic acids is 1. The average Bonchev–Trinajstić information content (AvgIpc) is 3.31. The first-order valence-electron chi connectivity index (χ1n) is 10.7. The van der Waals surface area contributed by atoms with Gasteiger partial charge in [0.05, 0.1) is 6.04 Å². The van der Waals surface area contributed by atoms with E-state index in [-0.39, 0.29) is 11.9 Å². The van der Waals surface area contributed by atoms with Crippen LogP contribution in [0.5, 0.6) is 0 Å². The fourth-order valence-electron chi connectivity index (χ4n) is 3.94. The molecule has 1 saturated heterocycles. The summed E-state index contributed by atoms with van der Waals surface area (Å²) in [6.07, 6.45) is 0. The van der Waals surface area contributed by atoms with Gasteiger partial charge in [-0.15, -0.1) is 0 Å². The number of nitrogens with one attached hydrogen (secondary N) is 1. The van der Waals surface area contributed by atoms with Gasteiger partial charge in [-0.25, -0.2) is 0 Å². The summed E-state index contributed by atoms with van der Waals surface area (Å²) in [4.78, 5) is 17.7. The summed E-state index contributed by atoms with van der Waals surface area (Å²) in [6, 6.07) is 19.9. The predicted octanol–water partition coefficient (Wildman–Crippen LogP) is 4.21. The van der Waals surface area contributed by atoms with Gasteiger partial charge in [-0.3, -0.25) is 9.69 Å². The van der Waals surface area contributed by atoms with Gasteiger partial charge in [-0.1, -0.05) is 70.5 Å². The number of benzene rings is 2. The van der Waals surface area contributed by atoms with Crippen molar-refractivity contribution in [2.45, 2.75) is 13.0 Å². The first kappa shape index (κ1) is 21.7. The van der Waals surface area contributed by atoms with E-state index in [0.717, 1.165) is 42.8 Å². The summed E-state index contributed by atoms with van der Waals surface area (Å²) < 4.78 is 6.39. The first-order valence-corrected chi connectivity index (χ1v) is 11.5. The molecule has 1 aromatic heterocycles. The second kappa shape index (κ2) is 10.2. The van der Waals surface area contributed by atoms with Crippen molar-refractivity contribution >= 4 is 21.8 Å². The number of hydrogen-bond acceptors (Lipinski definition) is 5. The molecule has 1 amide bonds. The number of halogens is 1. The maximum absolute atomic E-state index is 12.8. The van der Waals surface area contributed by atoms with Crippen molar-refractivity contribution in [2.24, 2.45) is 0 Å².